The maximum absolute atomic E-state index is 11.7. The summed E-state index contributed by atoms with van der Waals surface area (Å²) in [7, 11) is -2.38. The van der Waals surface area contributed by atoms with Crippen LogP contribution in [0.5, 0.6) is 0 Å². The molecule has 0 radical (unpaired) electrons. The van der Waals surface area contributed by atoms with Crippen LogP contribution in [0.15, 0.2) is 0 Å². The van der Waals surface area contributed by atoms with Gasteiger partial charge in [-0.3, -0.25) is 4.79 Å². The smallest absolute Gasteiger partial charge is 0.334 e. The number of carbonyl (C=O) groups is 2. The summed E-state index contributed by atoms with van der Waals surface area (Å²) in [5.74, 6) is -2.64. The number of hydrogen-bond acceptors (Lipinski definition) is 5. The van der Waals surface area contributed by atoms with Crippen molar-refractivity contribution in [3.8, 4) is 0 Å². The minimum Gasteiger partial charge on any atom is -0.479 e. The number of hydrogen-bond donors (Lipinski definition) is 2. The van der Waals surface area contributed by atoms with Crippen LogP contribution < -0.4 is 5.32 Å². The van der Waals surface area contributed by atoms with Gasteiger partial charge in [0.25, 0.3) is 0 Å². The van der Waals surface area contributed by atoms with Crippen molar-refractivity contribution in [2.75, 3.05) is 19.4 Å². The highest BCUT2D eigenvalue weighted by molar-refractivity contribution is 7.93. The van der Waals surface area contributed by atoms with E-state index >= 15 is 0 Å². The number of methoxy groups -OCH3 is 1. The van der Waals surface area contributed by atoms with Gasteiger partial charge < -0.3 is 15.2 Å². The predicted octanol–water partition coefficient (Wildman–Crippen LogP) is -0.584. The summed E-state index contributed by atoms with van der Waals surface area (Å²) in [5.41, 5.74) is 0. The van der Waals surface area contributed by atoms with Crippen molar-refractivity contribution in [3.63, 3.8) is 0 Å². The molecule has 0 bridgehead atoms. The zero-order valence-electron chi connectivity index (χ0n) is 10.9. The van der Waals surface area contributed by atoms with E-state index in [1.165, 1.54) is 27.9 Å². The lowest BCUT2D eigenvalue weighted by molar-refractivity contribution is -0.148. The van der Waals surface area contributed by atoms with E-state index in [1.807, 2.05) is 0 Å². The van der Waals surface area contributed by atoms with E-state index in [0.29, 0.717) is 0 Å². The van der Waals surface area contributed by atoms with Gasteiger partial charge in [-0.05, 0) is 20.8 Å². The lowest BCUT2D eigenvalue weighted by Gasteiger charge is -2.19. The first-order chi connectivity index (χ1) is 8.01. The largest absolute Gasteiger partial charge is 0.479 e. The highest BCUT2D eigenvalue weighted by Gasteiger charge is 2.31. The molecule has 0 fully saturated rings. The molecule has 1 amide bonds. The monoisotopic (exact) mass is 281 g/mol. The highest BCUT2D eigenvalue weighted by atomic mass is 32.2. The van der Waals surface area contributed by atoms with Gasteiger partial charge in [0.05, 0.1) is 11.3 Å². The number of aliphatic carboxylic acids is 1. The third-order valence-corrected chi connectivity index (χ3v) is 4.81. The van der Waals surface area contributed by atoms with E-state index < -0.39 is 38.3 Å². The van der Waals surface area contributed by atoms with E-state index in [2.05, 4.69) is 10.1 Å². The zero-order valence-corrected chi connectivity index (χ0v) is 11.7. The highest BCUT2D eigenvalue weighted by Crippen LogP contribution is 2.15. The minimum absolute atomic E-state index is 0.273. The van der Waals surface area contributed by atoms with Gasteiger partial charge in [0.15, 0.2) is 15.9 Å². The molecule has 106 valence electrons. The SMILES string of the molecule is COC(CNC(=O)CS(=O)(=O)C(C)(C)C)C(=O)O. The minimum atomic E-state index is -3.57. The van der Waals surface area contributed by atoms with Crippen molar-refractivity contribution in [1.82, 2.24) is 5.32 Å². The Morgan fingerprint density at radius 2 is 1.83 bits per heavy atom. The Morgan fingerprint density at radius 3 is 2.17 bits per heavy atom. The van der Waals surface area contributed by atoms with E-state index in [-0.39, 0.29) is 6.54 Å². The second-order valence-electron chi connectivity index (χ2n) is 4.74. The van der Waals surface area contributed by atoms with E-state index in [9.17, 15) is 18.0 Å². The molecule has 0 aromatic rings. The maximum atomic E-state index is 11.7. The van der Waals surface area contributed by atoms with Gasteiger partial charge in [-0.2, -0.15) is 0 Å². The summed E-state index contributed by atoms with van der Waals surface area (Å²) in [6.45, 7) is 4.20. The number of carbonyl (C=O) groups excluding carboxylic acids is 1. The van der Waals surface area contributed by atoms with Crippen LogP contribution in [-0.4, -0.2) is 55.7 Å². The Balaban J connectivity index is 4.43. The number of ether oxygens (including phenoxy) is 1. The normalized spacial score (nSPS) is 14.0. The quantitative estimate of drug-likeness (QED) is 0.673. The Kier molecular flexibility index (Phi) is 5.75. The summed E-state index contributed by atoms with van der Waals surface area (Å²) in [6.07, 6.45) is -1.19. The second kappa shape index (κ2) is 6.14. The fourth-order valence-corrected chi connectivity index (χ4v) is 1.80. The molecule has 8 heteroatoms. The standard InChI is InChI=1S/C10H19NO6S/c1-10(2,3)18(15,16)6-8(12)11-5-7(17-4)9(13)14/h7H,5-6H2,1-4H3,(H,11,12)(H,13,14). The average molecular weight is 281 g/mol. The maximum Gasteiger partial charge on any atom is 0.334 e. The van der Waals surface area contributed by atoms with Crippen LogP contribution in [0, 0.1) is 0 Å². The van der Waals surface area contributed by atoms with Crippen molar-refractivity contribution < 1.29 is 27.9 Å². The average Bonchev–Trinajstić information content (AvgIpc) is 2.15. The third kappa shape index (κ3) is 5.01. The number of carboxylic acid groups (broad SMARTS) is 1. The number of carboxylic acids is 1. The van der Waals surface area contributed by atoms with Gasteiger partial charge in [-0.1, -0.05) is 0 Å². The fraction of sp³-hybridized carbons (Fsp3) is 0.800. The number of nitrogens with one attached hydrogen (secondary N) is 1. The molecule has 0 rings (SSSR count). The van der Waals surface area contributed by atoms with E-state index in [0.717, 1.165) is 0 Å². The molecule has 0 aliphatic rings. The Bertz CT molecular complexity index is 409. The van der Waals surface area contributed by atoms with Crippen molar-refractivity contribution in [2.45, 2.75) is 31.6 Å². The summed E-state index contributed by atoms with van der Waals surface area (Å²) in [6, 6.07) is 0. The third-order valence-electron chi connectivity index (χ3n) is 2.30. The zero-order chi connectivity index (χ0) is 14.6. The first-order valence-corrected chi connectivity index (χ1v) is 6.91. The Morgan fingerprint density at radius 1 is 1.33 bits per heavy atom. The first kappa shape index (κ1) is 16.9. The molecule has 0 aromatic carbocycles. The van der Waals surface area contributed by atoms with Crippen LogP contribution >= 0.6 is 0 Å². The van der Waals surface area contributed by atoms with Gasteiger partial charge in [-0.25, -0.2) is 13.2 Å². The van der Waals surface area contributed by atoms with Crippen LogP contribution in [0.1, 0.15) is 20.8 Å². The van der Waals surface area contributed by atoms with Crippen molar-refractivity contribution in [3.05, 3.63) is 0 Å². The molecule has 1 unspecified atom stereocenters. The van der Waals surface area contributed by atoms with E-state index in [1.54, 1.807) is 0 Å². The predicted molar refractivity (Wildman–Crippen MR) is 65.0 cm³/mol. The van der Waals surface area contributed by atoms with Gasteiger partial charge >= 0.3 is 5.97 Å². The van der Waals surface area contributed by atoms with Gasteiger partial charge in [-0.15, -0.1) is 0 Å². The molecule has 0 aliphatic heterocycles. The lowest BCUT2D eigenvalue weighted by atomic mass is 10.3. The van der Waals surface area contributed by atoms with Crippen LogP contribution in [0.25, 0.3) is 0 Å². The molecule has 7 nitrogen and oxygen atoms in total. The lowest BCUT2D eigenvalue weighted by Crippen LogP contribution is -2.42. The number of amides is 1. The van der Waals surface area contributed by atoms with Crippen LogP contribution in [0.2, 0.25) is 0 Å². The molecule has 0 saturated heterocycles. The molecule has 0 spiro atoms. The molecule has 1 atom stereocenters. The van der Waals surface area contributed by atoms with Gasteiger partial charge in [0, 0.05) is 7.11 Å². The van der Waals surface area contributed by atoms with Crippen LogP contribution in [-0.2, 0) is 24.2 Å². The first-order valence-electron chi connectivity index (χ1n) is 5.26. The molecular formula is C10H19NO6S. The molecule has 0 heterocycles. The molecule has 2 N–H and O–H groups in total. The van der Waals surface area contributed by atoms with E-state index in [4.69, 9.17) is 5.11 Å². The van der Waals surface area contributed by atoms with Crippen LogP contribution in [0.4, 0.5) is 0 Å². The summed E-state index contributed by atoms with van der Waals surface area (Å²) in [4.78, 5) is 22.0. The van der Waals surface area contributed by atoms with Gasteiger partial charge in [0.1, 0.15) is 5.75 Å². The Hall–Kier alpha value is -1.15. The molecule has 18 heavy (non-hydrogen) atoms. The summed E-state index contributed by atoms with van der Waals surface area (Å²) >= 11 is 0. The Labute approximate surface area is 106 Å². The second-order valence-corrected chi connectivity index (χ2v) is 7.48. The molecule has 0 aromatic heterocycles. The summed E-state index contributed by atoms with van der Waals surface area (Å²) in [5, 5.41) is 10.9. The number of sulfone groups is 1. The summed E-state index contributed by atoms with van der Waals surface area (Å²) < 4.78 is 27.0. The van der Waals surface area contributed by atoms with Crippen LogP contribution in [0.3, 0.4) is 0 Å². The van der Waals surface area contributed by atoms with Crippen molar-refractivity contribution in [2.24, 2.45) is 0 Å². The van der Waals surface area contributed by atoms with Crippen molar-refractivity contribution in [1.29, 1.82) is 0 Å². The van der Waals surface area contributed by atoms with Crippen molar-refractivity contribution >= 4 is 21.7 Å². The fourth-order valence-electron chi connectivity index (χ4n) is 0.918. The molecule has 0 aliphatic carbocycles. The topological polar surface area (TPSA) is 110 Å². The molecule has 0 saturated carbocycles. The van der Waals surface area contributed by atoms with Gasteiger partial charge in [0.2, 0.25) is 5.91 Å². The molecular weight excluding hydrogens is 262 g/mol. The number of rotatable bonds is 6.